The number of carbonyl (C=O) groups is 3. The van der Waals surface area contributed by atoms with Gasteiger partial charge < -0.3 is 0 Å². The Morgan fingerprint density at radius 3 is 2.06 bits per heavy atom. The number of rotatable bonds is 2. The third-order valence-electron chi connectivity index (χ3n) is 2.39. The number of hydrogen-bond acceptors (Lipinski definition) is 3. The summed E-state index contributed by atoms with van der Waals surface area (Å²) in [5, 5.41) is 4.25. The average molecular weight is 405 g/mol. The fourth-order valence-electron chi connectivity index (χ4n) is 1.58. The number of hydrogen-bond donors (Lipinski definition) is 2. The van der Waals surface area contributed by atoms with Gasteiger partial charge in [-0.25, -0.2) is 0 Å². The molecule has 6 heteroatoms. The van der Waals surface area contributed by atoms with Crippen LogP contribution in [0, 0.1) is 0 Å². The number of barbiturate groups is 1. The van der Waals surface area contributed by atoms with E-state index in [1.54, 1.807) is 0 Å². The van der Waals surface area contributed by atoms with E-state index < -0.39 is 45.8 Å². The number of amides is 4. The second kappa shape index (κ2) is 4.73. The monoisotopic (exact) mass is 406 g/mol. The standard InChI is InChI=1S/C6H5.C4H3N2O3.Hg/c1-2-4-6-5-3-1;7-2-1-3(8)6-4(9)5-2;/h1-5H;1H,(H2,5,6,7,8,9);. The van der Waals surface area contributed by atoms with Gasteiger partial charge in [-0.3, -0.25) is 0 Å². The second-order valence-electron chi connectivity index (χ2n) is 3.55. The molecule has 4 amide bonds. The summed E-state index contributed by atoms with van der Waals surface area (Å²) in [6.07, 6.45) is 0. The molecule has 78 valence electrons. The summed E-state index contributed by atoms with van der Waals surface area (Å²) in [6.45, 7) is 0. The van der Waals surface area contributed by atoms with Crippen LogP contribution in [0.2, 0.25) is 3.43 Å². The summed E-state index contributed by atoms with van der Waals surface area (Å²) < 4.78 is 0.493. The first-order chi connectivity index (χ1) is 7.66. The summed E-state index contributed by atoms with van der Waals surface area (Å²) in [7, 11) is 0. The summed E-state index contributed by atoms with van der Waals surface area (Å²) in [5.74, 6) is -0.890. The van der Waals surface area contributed by atoms with Crippen molar-refractivity contribution in [3.05, 3.63) is 30.3 Å². The molecular formula is C10H8HgN2O3. The minimum atomic E-state index is -1.86. The number of carbonyl (C=O) groups excluding carboxylic acids is 3. The van der Waals surface area contributed by atoms with Crippen LogP contribution in [0.15, 0.2) is 30.3 Å². The fourth-order valence-corrected chi connectivity index (χ4v) is 7.77. The first-order valence-corrected chi connectivity index (χ1v) is 10.8. The molecule has 1 saturated heterocycles. The van der Waals surface area contributed by atoms with Crippen molar-refractivity contribution < 1.29 is 39.0 Å². The van der Waals surface area contributed by atoms with Crippen molar-refractivity contribution in [1.29, 1.82) is 0 Å². The second-order valence-corrected chi connectivity index (χ2v) is 11.5. The Kier molecular flexibility index (Phi) is 3.33. The molecule has 16 heavy (non-hydrogen) atoms. The molecule has 2 rings (SSSR count). The van der Waals surface area contributed by atoms with Crippen LogP contribution in [0.3, 0.4) is 0 Å². The molecule has 0 radical (unpaired) electrons. The SMILES string of the molecule is O=C1NC(=O)[CH]([Hg][c]2ccccc2)C(=O)N1. The molecule has 0 atom stereocenters. The fraction of sp³-hybridized carbons (Fsp3) is 0.100. The van der Waals surface area contributed by atoms with Gasteiger partial charge in [-0.15, -0.1) is 0 Å². The van der Waals surface area contributed by atoms with Crippen LogP contribution in [0.1, 0.15) is 0 Å². The third kappa shape index (κ3) is 2.47. The molecule has 0 spiro atoms. The van der Waals surface area contributed by atoms with E-state index >= 15 is 0 Å². The molecule has 1 aromatic rings. The van der Waals surface area contributed by atoms with Gasteiger partial charge in [0.15, 0.2) is 0 Å². The van der Waals surface area contributed by atoms with Gasteiger partial charge >= 0.3 is 104 Å². The first-order valence-electron chi connectivity index (χ1n) is 4.86. The van der Waals surface area contributed by atoms with E-state index in [0.29, 0.717) is 0 Å². The van der Waals surface area contributed by atoms with Crippen molar-refractivity contribution >= 4 is 20.9 Å². The topological polar surface area (TPSA) is 75.3 Å². The van der Waals surface area contributed by atoms with Gasteiger partial charge in [0, 0.05) is 0 Å². The van der Waals surface area contributed by atoms with Crippen LogP contribution < -0.4 is 13.7 Å². The Bertz CT molecular complexity index is 427. The van der Waals surface area contributed by atoms with Gasteiger partial charge in [0.05, 0.1) is 0 Å². The summed E-state index contributed by atoms with van der Waals surface area (Å²) >= 11 is -1.86. The van der Waals surface area contributed by atoms with Gasteiger partial charge in [0.2, 0.25) is 0 Å². The molecular weight excluding hydrogens is 397 g/mol. The van der Waals surface area contributed by atoms with E-state index in [1.165, 1.54) is 0 Å². The van der Waals surface area contributed by atoms with Crippen LogP contribution in [0.4, 0.5) is 4.79 Å². The molecule has 0 saturated carbocycles. The molecule has 2 N–H and O–H groups in total. The van der Waals surface area contributed by atoms with Gasteiger partial charge in [0.25, 0.3) is 0 Å². The molecule has 1 aliphatic heterocycles. The molecule has 0 aliphatic carbocycles. The molecule has 0 bridgehead atoms. The third-order valence-corrected chi connectivity index (χ3v) is 10.5. The molecule has 0 aromatic heterocycles. The van der Waals surface area contributed by atoms with Gasteiger partial charge in [0.1, 0.15) is 0 Å². The Balaban J connectivity index is 2.13. The maximum atomic E-state index is 11.5. The maximum absolute atomic E-state index is 11.5. The number of nitrogens with one attached hydrogen (secondary N) is 2. The minimum absolute atomic E-state index is 0.445. The van der Waals surface area contributed by atoms with Gasteiger partial charge in [-0.2, -0.15) is 0 Å². The summed E-state index contributed by atoms with van der Waals surface area (Å²) in [5.41, 5.74) is 0. The normalized spacial score (nSPS) is 16.4. The molecule has 1 heterocycles. The van der Waals surface area contributed by atoms with E-state index in [-0.39, 0.29) is 0 Å². The van der Waals surface area contributed by atoms with E-state index in [1.807, 2.05) is 30.3 Å². The van der Waals surface area contributed by atoms with Crippen LogP contribution in [-0.4, -0.2) is 17.8 Å². The Morgan fingerprint density at radius 2 is 1.50 bits per heavy atom. The van der Waals surface area contributed by atoms with E-state index in [0.717, 1.165) is 3.07 Å². The van der Waals surface area contributed by atoms with Crippen LogP contribution in [-0.2, 0) is 34.2 Å². The van der Waals surface area contributed by atoms with Crippen LogP contribution in [0.25, 0.3) is 0 Å². The zero-order valence-corrected chi connectivity index (χ0v) is 13.9. The van der Waals surface area contributed by atoms with Crippen molar-refractivity contribution in [2.24, 2.45) is 0 Å². The van der Waals surface area contributed by atoms with Crippen LogP contribution >= 0.6 is 0 Å². The van der Waals surface area contributed by atoms with E-state index in [2.05, 4.69) is 10.6 Å². The predicted molar refractivity (Wildman–Crippen MR) is 51.5 cm³/mol. The number of benzene rings is 1. The molecule has 1 aromatic carbocycles. The van der Waals surface area contributed by atoms with E-state index in [4.69, 9.17) is 0 Å². The predicted octanol–water partition coefficient (Wildman–Crippen LogP) is -0.451. The van der Waals surface area contributed by atoms with Crippen molar-refractivity contribution in [1.82, 2.24) is 10.6 Å². The summed E-state index contributed by atoms with van der Waals surface area (Å²) in [6, 6.07) is 8.81. The number of imide groups is 2. The van der Waals surface area contributed by atoms with E-state index in [9.17, 15) is 14.4 Å². The molecule has 1 aliphatic rings. The van der Waals surface area contributed by atoms with Gasteiger partial charge in [-0.05, 0) is 0 Å². The first kappa shape index (κ1) is 11.3. The quantitative estimate of drug-likeness (QED) is 0.518. The zero-order chi connectivity index (χ0) is 11.5. The zero-order valence-electron chi connectivity index (χ0n) is 8.40. The molecule has 0 unspecified atom stereocenters. The summed E-state index contributed by atoms with van der Waals surface area (Å²) in [4.78, 5) is 33.8. The average Bonchev–Trinajstić information content (AvgIpc) is 2.25. The van der Waals surface area contributed by atoms with Crippen molar-refractivity contribution in [2.75, 3.05) is 0 Å². The van der Waals surface area contributed by atoms with Crippen molar-refractivity contribution in [3.63, 3.8) is 0 Å². The number of urea groups is 1. The Labute approximate surface area is 104 Å². The Hall–Kier alpha value is -1.23. The van der Waals surface area contributed by atoms with Gasteiger partial charge in [-0.1, -0.05) is 0 Å². The van der Waals surface area contributed by atoms with Crippen molar-refractivity contribution in [3.8, 4) is 0 Å². The molecule has 1 fully saturated rings. The Morgan fingerprint density at radius 1 is 0.938 bits per heavy atom. The van der Waals surface area contributed by atoms with Crippen molar-refractivity contribution in [2.45, 2.75) is 3.43 Å². The van der Waals surface area contributed by atoms with Crippen LogP contribution in [0.5, 0.6) is 0 Å². The molecule has 5 nitrogen and oxygen atoms in total.